The molecule has 0 radical (unpaired) electrons. The van der Waals surface area contributed by atoms with Gasteiger partial charge in [0.15, 0.2) is 0 Å². The molecule has 0 spiro atoms. The minimum atomic E-state index is -0.321. The Morgan fingerprint density at radius 1 is 1.16 bits per heavy atom. The van der Waals surface area contributed by atoms with E-state index in [0.29, 0.717) is 6.04 Å². The molecule has 134 valence electrons. The molecule has 4 heteroatoms. The fourth-order valence-electron chi connectivity index (χ4n) is 4.56. The summed E-state index contributed by atoms with van der Waals surface area (Å²) in [7, 11) is 2.18. The quantitative estimate of drug-likeness (QED) is 0.910. The van der Waals surface area contributed by atoms with Crippen molar-refractivity contribution in [2.24, 2.45) is 7.05 Å². The van der Waals surface area contributed by atoms with Crippen LogP contribution < -0.4 is 0 Å². The second kappa shape index (κ2) is 7.30. The van der Waals surface area contributed by atoms with Gasteiger partial charge in [0.25, 0.3) is 0 Å². The largest absolute Gasteiger partial charge is 0.391 e. The molecule has 1 aliphatic heterocycles. The van der Waals surface area contributed by atoms with Gasteiger partial charge in [-0.3, -0.25) is 4.90 Å². The van der Waals surface area contributed by atoms with Crippen LogP contribution in [0.5, 0.6) is 0 Å². The van der Waals surface area contributed by atoms with Crippen molar-refractivity contribution in [3.8, 4) is 0 Å². The van der Waals surface area contributed by atoms with Gasteiger partial charge in [-0.05, 0) is 57.1 Å². The predicted octanol–water partition coefficient (Wildman–Crippen LogP) is 3.04. The summed E-state index contributed by atoms with van der Waals surface area (Å²) < 4.78 is 2.35. The van der Waals surface area contributed by atoms with Crippen LogP contribution in [0, 0.1) is 0 Å². The van der Waals surface area contributed by atoms with Gasteiger partial charge in [-0.1, -0.05) is 30.3 Å². The summed E-state index contributed by atoms with van der Waals surface area (Å²) in [5, 5.41) is 10.6. The van der Waals surface area contributed by atoms with E-state index >= 15 is 0 Å². The highest BCUT2D eigenvalue weighted by Crippen LogP contribution is 2.34. The number of nitrogens with zero attached hydrogens (tertiary/aromatic N) is 3. The molecule has 1 aromatic heterocycles. The number of hydrogen-bond donors (Lipinski definition) is 1. The number of hydrogen-bond acceptors (Lipinski definition) is 3. The standard InChI is InChI=1S/C21H29N3O/c1-23-19-11-6-5-10-18(19)22-21(23)20-12-7-13-24(20)15-17(25)14-16-8-3-2-4-9-16/h2-4,8-9,17,20,25H,5-7,10-15H2,1H3/t17-,20+/m1/s1. The third kappa shape index (κ3) is 3.51. The number of imidazole rings is 1. The molecule has 0 saturated carbocycles. The van der Waals surface area contributed by atoms with E-state index in [4.69, 9.17) is 4.98 Å². The average molecular weight is 339 g/mol. The Hall–Kier alpha value is -1.65. The molecular formula is C21H29N3O. The third-order valence-electron chi connectivity index (χ3n) is 5.83. The predicted molar refractivity (Wildman–Crippen MR) is 99.6 cm³/mol. The Kier molecular flexibility index (Phi) is 4.91. The van der Waals surface area contributed by atoms with Crippen LogP contribution in [0.15, 0.2) is 30.3 Å². The maximum atomic E-state index is 10.6. The van der Waals surface area contributed by atoms with Crippen molar-refractivity contribution in [2.75, 3.05) is 13.1 Å². The zero-order valence-corrected chi connectivity index (χ0v) is 15.2. The zero-order valence-electron chi connectivity index (χ0n) is 15.2. The average Bonchev–Trinajstić information content (AvgIpc) is 3.20. The lowest BCUT2D eigenvalue weighted by atomic mass is 10.0. The first-order valence-electron chi connectivity index (χ1n) is 9.73. The monoisotopic (exact) mass is 339 g/mol. The number of aliphatic hydroxyl groups is 1. The third-order valence-corrected chi connectivity index (χ3v) is 5.83. The number of benzene rings is 1. The molecule has 2 aromatic rings. The normalized spacial score (nSPS) is 22.1. The van der Waals surface area contributed by atoms with Gasteiger partial charge in [0, 0.05) is 19.3 Å². The maximum absolute atomic E-state index is 10.6. The first-order valence-corrected chi connectivity index (χ1v) is 9.73. The van der Waals surface area contributed by atoms with E-state index in [-0.39, 0.29) is 6.10 Å². The molecule has 1 aliphatic carbocycles. The fraction of sp³-hybridized carbons (Fsp3) is 0.571. The number of rotatable bonds is 5. The van der Waals surface area contributed by atoms with Gasteiger partial charge < -0.3 is 9.67 Å². The van der Waals surface area contributed by atoms with Crippen LogP contribution in [0.25, 0.3) is 0 Å². The minimum Gasteiger partial charge on any atom is -0.391 e. The Labute approximate surface area is 150 Å². The van der Waals surface area contributed by atoms with Crippen LogP contribution in [-0.2, 0) is 26.3 Å². The van der Waals surface area contributed by atoms with E-state index in [2.05, 4.69) is 28.6 Å². The van der Waals surface area contributed by atoms with E-state index in [1.54, 1.807) is 0 Å². The van der Waals surface area contributed by atoms with Gasteiger partial charge in [0.1, 0.15) is 5.82 Å². The molecule has 4 nitrogen and oxygen atoms in total. The second-order valence-corrected chi connectivity index (χ2v) is 7.63. The lowest BCUT2D eigenvalue weighted by molar-refractivity contribution is 0.103. The van der Waals surface area contributed by atoms with E-state index in [1.807, 2.05) is 18.2 Å². The summed E-state index contributed by atoms with van der Waals surface area (Å²) in [6.45, 7) is 1.80. The van der Waals surface area contributed by atoms with Gasteiger partial charge in [-0.2, -0.15) is 0 Å². The second-order valence-electron chi connectivity index (χ2n) is 7.63. The van der Waals surface area contributed by atoms with Gasteiger partial charge in [0.05, 0.1) is 17.8 Å². The number of aryl methyl sites for hydroxylation is 1. The smallest absolute Gasteiger partial charge is 0.126 e. The SMILES string of the molecule is Cn1c([C@@H]2CCCN2C[C@H](O)Cc2ccccc2)nc2c1CCCC2. The van der Waals surface area contributed by atoms with E-state index < -0.39 is 0 Å². The fourth-order valence-corrected chi connectivity index (χ4v) is 4.56. The Morgan fingerprint density at radius 3 is 2.76 bits per heavy atom. The first-order chi connectivity index (χ1) is 12.2. The van der Waals surface area contributed by atoms with Crippen molar-refractivity contribution in [1.82, 2.24) is 14.5 Å². The molecule has 25 heavy (non-hydrogen) atoms. The van der Waals surface area contributed by atoms with E-state index in [9.17, 15) is 5.11 Å². The molecule has 1 aromatic carbocycles. The zero-order chi connectivity index (χ0) is 17.2. The summed E-state index contributed by atoms with van der Waals surface area (Å²) in [6, 6.07) is 10.7. The van der Waals surface area contributed by atoms with Crippen LogP contribution in [-0.4, -0.2) is 38.8 Å². The van der Waals surface area contributed by atoms with Crippen molar-refractivity contribution in [3.05, 3.63) is 53.1 Å². The van der Waals surface area contributed by atoms with Crippen molar-refractivity contribution in [3.63, 3.8) is 0 Å². The number of aliphatic hydroxyl groups excluding tert-OH is 1. The maximum Gasteiger partial charge on any atom is 0.126 e. The van der Waals surface area contributed by atoms with Crippen molar-refractivity contribution < 1.29 is 5.11 Å². The molecule has 0 bridgehead atoms. The van der Waals surface area contributed by atoms with Crippen LogP contribution in [0.2, 0.25) is 0 Å². The van der Waals surface area contributed by atoms with Crippen molar-refractivity contribution in [2.45, 2.75) is 57.1 Å². The van der Waals surface area contributed by atoms with Crippen molar-refractivity contribution >= 4 is 0 Å². The Bertz CT molecular complexity index is 709. The number of β-amino-alcohol motifs (C(OH)–C–C–N with tert-alkyl or cyclic N) is 1. The molecule has 0 amide bonds. The molecule has 1 N–H and O–H groups in total. The number of likely N-dealkylation sites (tertiary alicyclic amines) is 1. The lowest BCUT2D eigenvalue weighted by Gasteiger charge is -2.26. The number of fused-ring (bicyclic) bond motifs is 1. The highest BCUT2D eigenvalue weighted by atomic mass is 16.3. The molecular weight excluding hydrogens is 310 g/mol. The van der Waals surface area contributed by atoms with Crippen LogP contribution in [0.1, 0.15) is 54.5 Å². The molecule has 1 fully saturated rings. The Balaban J connectivity index is 1.46. The summed E-state index contributed by atoms with van der Waals surface area (Å²) in [4.78, 5) is 7.46. The molecule has 2 aliphatic rings. The van der Waals surface area contributed by atoms with Gasteiger partial charge in [-0.25, -0.2) is 4.98 Å². The molecule has 2 heterocycles. The minimum absolute atomic E-state index is 0.321. The molecule has 1 saturated heterocycles. The summed E-state index contributed by atoms with van der Waals surface area (Å²) in [5.74, 6) is 1.22. The lowest BCUT2D eigenvalue weighted by Crippen LogP contribution is -2.34. The van der Waals surface area contributed by atoms with Crippen LogP contribution in [0.4, 0.5) is 0 Å². The van der Waals surface area contributed by atoms with Crippen molar-refractivity contribution in [1.29, 1.82) is 0 Å². The topological polar surface area (TPSA) is 41.3 Å². The van der Waals surface area contributed by atoms with Crippen LogP contribution >= 0.6 is 0 Å². The van der Waals surface area contributed by atoms with Crippen LogP contribution in [0.3, 0.4) is 0 Å². The van der Waals surface area contributed by atoms with Gasteiger partial charge in [-0.15, -0.1) is 0 Å². The van der Waals surface area contributed by atoms with Gasteiger partial charge >= 0.3 is 0 Å². The summed E-state index contributed by atoms with van der Waals surface area (Å²) in [5.41, 5.74) is 3.97. The summed E-state index contributed by atoms with van der Waals surface area (Å²) in [6.07, 6.45) is 7.61. The summed E-state index contributed by atoms with van der Waals surface area (Å²) >= 11 is 0. The highest BCUT2D eigenvalue weighted by Gasteiger charge is 2.32. The molecule has 4 rings (SSSR count). The Morgan fingerprint density at radius 2 is 1.96 bits per heavy atom. The highest BCUT2D eigenvalue weighted by molar-refractivity contribution is 5.22. The van der Waals surface area contributed by atoms with Gasteiger partial charge in [0.2, 0.25) is 0 Å². The first kappa shape index (κ1) is 16.8. The van der Waals surface area contributed by atoms with E-state index in [0.717, 1.165) is 32.4 Å². The number of aromatic nitrogens is 2. The molecule has 2 atom stereocenters. The van der Waals surface area contributed by atoms with E-state index in [1.165, 1.54) is 48.5 Å². The molecule has 0 unspecified atom stereocenters.